The molecule has 0 bridgehead atoms. The minimum Gasteiger partial charge on any atom is -0.0798 e. The fraction of sp³-hybridized carbons (Fsp3) is 1.00. The topological polar surface area (TPSA) is 0 Å². The molecule has 0 aromatic carbocycles. The largest absolute Gasteiger partial charge is 0.0798 e. The van der Waals surface area contributed by atoms with Gasteiger partial charge in [-0.25, -0.2) is 0 Å². The van der Waals surface area contributed by atoms with Crippen LogP contribution < -0.4 is 0 Å². The van der Waals surface area contributed by atoms with Crippen molar-refractivity contribution in [3.63, 3.8) is 0 Å². The van der Waals surface area contributed by atoms with Crippen molar-refractivity contribution < 1.29 is 19.5 Å². The zero-order valence-corrected chi connectivity index (χ0v) is 9.71. The van der Waals surface area contributed by atoms with E-state index in [2.05, 4.69) is 43.4 Å². The molecule has 34 valence electrons. The van der Waals surface area contributed by atoms with Gasteiger partial charge in [-0.1, -0.05) is 43.4 Å². The Kier molecular flexibility index (Phi) is 5.81. The monoisotopic (exact) mass is 248 g/mol. The molecule has 0 radical (unpaired) electrons. The Bertz CT molecular complexity index is 23.0. The van der Waals surface area contributed by atoms with Gasteiger partial charge in [-0.3, -0.25) is 0 Å². The summed E-state index contributed by atoms with van der Waals surface area (Å²) in [5, 5.41) is 0. The Hall–Kier alpha value is 1.35. The average molecular weight is 249 g/mol. The molecule has 0 amide bonds. The van der Waals surface area contributed by atoms with Crippen LogP contribution in [0, 0.1) is 0 Å². The molecular formula is C4H9IZn. The van der Waals surface area contributed by atoms with E-state index in [0.29, 0.717) is 3.42 Å². The maximum atomic E-state index is 2.38. The van der Waals surface area contributed by atoms with Crippen LogP contribution in [0.15, 0.2) is 0 Å². The maximum absolute atomic E-state index is 2.38. The third kappa shape index (κ3) is 55.4. The molecule has 0 N–H and O–H groups in total. The van der Waals surface area contributed by atoms with Gasteiger partial charge >= 0.3 is 0 Å². The van der Waals surface area contributed by atoms with Crippen molar-refractivity contribution in [2.24, 2.45) is 0 Å². The van der Waals surface area contributed by atoms with Crippen LogP contribution in [0.3, 0.4) is 0 Å². The first-order chi connectivity index (χ1) is 2.00. The summed E-state index contributed by atoms with van der Waals surface area (Å²) < 4.78 is 0.470. The van der Waals surface area contributed by atoms with Gasteiger partial charge < -0.3 is 0 Å². The summed E-state index contributed by atoms with van der Waals surface area (Å²) in [6.45, 7) is 6.52. The summed E-state index contributed by atoms with van der Waals surface area (Å²) in [7, 11) is 0. The van der Waals surface area contributed by atoms with Crippen molar-refractivity contribution in [1.29, 1.82) is 0 Å². The maximum Gasteiger partial charge on any atom is 0.0137 e. The molecule has 0 heterocycles. The second kappa shape index (κ2) is 3.37. The predicted octanol–water partition coefficient (Wildman–Crippen LogP) is 2.22. The summed E-state index contributed by atoms with van der Waals surface area (Å²) in [6, 6.07) is 0. The number of hydrogen-bond donors (Lipinski definition) is 0. The zero-order valence-electron chi connectivity index (χ0n) is 4.59. The standard InChI is InChI=1S/C4H9I.Zn/c1-4(2,3)5;/h1-3H3;. The Balaban J connectivity index is 0. The summed E-state index contributed by atoms with van der Waals surface area (Å²) in [6.07, 6.45) is 0. The van der Waals surface area contributed by atoms with Crippen molar-refractivity contribution >= 4 is 22.6 Å². The van der Waals surface area contributed by atoms with Gasteiger partial charge in [0.2, 0.25) is 0 Å². The van der Waals surface area contributed by atoms with Crippen LogP contribution in [-0.4, -0.2) is 3.42 Å². The number of halogens is 1. The van der Waals surface area contributed by atoms with Gasteiger partial charge in [0.1, 0.15) is 0 Å². The molecule has 0 fully saturated rings. The molecule has 0 saturated carbocycles. The molecule has 0 spiro atoms. The summed E-state index contributed by atoms with van der Waals surface area (Å²) in [4.78, 5) is 0. The zero-order chi connectivity index (χ0) is 4.50. The Morgan fingerprint density at radius 3 is 1.17 bits per heavy atom. The molecule has 6 heavy (non-hydrogen) atoms. The molecule has 0 aliphatic carbocycles. The number of hydrogen-bond acceptors (Lipinski definition) is 0. The molecule has 0 aliphatic heterocycles. The molecule has 0 unspecified atom stereocenters. The van der Waals surface area contributed by atoms with Gasteiger partial charge in [0.15, 0.2) is 0 Å². The van der Waals surface area contributed by atoms with Gasteiger partial charge in [0.25, 0.3) is 0 Å². The van der Waals surface area contributed by atoms with E-state index < -0.39 is 0 Å². The van der Waals surface area contributed by atoms with Crippen molar-refractivity contribution in [3.8, 4) is 0 Å². The first-order valence-electron chi connectivity index (χ1n) is 1.69. The van der Waals surface area contributed by atoms with Crippen LogP contribution in [0.4, 0.5) is 0 Å². The average Bonchev–Trinajstić information content (AvgIpc) is 0.722. The minimum absolute atomic E-state index is 0. The smallest absolute Gasteiger partial charge is 0.0137 e. The van der Waals surface area contributed by atoms with Gasteiger partial charge in [-0.2, -0.15) is 0 Å². The molecule has 0 saturated heterocycles. The van der Waals surface area contributed by atoms with Crippen LogP contribution in [0.5, 0.6) is 0 Å². The van der Waals surface area contributed by atoms with E-state index in [4.69, 9.17) is 0 Å². The van der Waals surface area contributed by atoms with E-state index in [1.807, 2.05) is 0 Å². The Morgan fingerprint density at radius 1 is 1.17 bits per heavy atom. The third-order valence-electron chi connectivity index (χ3n) is 0. The molecule has 0 rings (SSSR count). The van der Waals surface area contributed by atoms with Crippen LogP contribution in [-0.2, 0) is 19.5 Å². The van der Waals surface area contributed by atoms with E-state index in [0.717, 1.165) is 0 Å². The van der Waals surface area contributed by atoms with Crippen LogP contribution in [0.1, 0.15) is 20.8 Å². The van der Waals surface area contributed by atoms with Crippen molar-refractivity contribution in [2.75, 3.05) is 0 Å². The van der Waals surface area contributed by atoms with Crippen LogP contribution in [0.2, 0.25) is 0 Å². The predicted molar refractivity (Wildman–Crippen MR) is 33.8 cm³/mol. The first kappa shape index (κ1) is 10.4. The summed E-state index contributed by atoms with van der Waals surface area (Å²) in [5.74, 6) is 0. The number of rotatable bonds is 0. The second-order valence-electron chi connectivity index (χ2n) is 2.07. The molecule has 0 aromatic heterocycles. The molecule has 0 nitrogen and oxygen atoms in total. The number of alkyl halides is 1. The second-order valence-corrected chi connectivity index (χ2v) is 5.30. The van der Waals surface area contributed by atoms with Gasteiger partial charge in [-0.05, 0) is 0 Å². The van der Waals surface area contributed by atoms with Crippen molar-refractivity contribution in [3.05, 3.63) is 0 Å². The third-order valence-corrected chi connectivity index (χ3v) is 0. The molecular weight excluding hydrogens is 240 g/mol. The van der Waals surface area contributed by atoms with Crippen LogP contribution >= 0.6 is 22.6 Å². The van der Waals surface area contributed by atoms with E-state index in [9.17, 15) is 0 Å². The van der Waals surface area contributed by atoms with Crippen LogP contribution in [0.25, 0.3) is 0 Å². The Morgan fingerprint density at radius 2 is 1.17 bits per heavy atom. The molecule has 2 heteroatoms. The van der Waals surface area contributed by atoms with Gasteiger partial charge in [0.05, 0.1) is 0 Å². The summed E-state index contributed by atoms with van der Waals surface area (Å²) in [5.41, 5.74) is 0. The summed E-state index contributed by atoms with van der Waals surface area (Å²) >= 11 is 2.38. The fourth-order valence-corrected chi connectivity index (χ4v) is 0. The van der Waals surface area contributed by atoms with E-state index in [-0.39, 0.29) is 19.5 Å². The molecule has 0 aliphatic rings. The van der Waals surface area contributed by atoms with Crippen molar-refractivity contribution in [2.45, 2.75) is 24.2 Å². The van der Waals surface area contributed by atoms with Gasteiger partial charge in [-0.15, -0.1) is 0 Å². The molecule has 0 atom stereocenters. The SMILES string of the molecule is CC(C)(C)I.[Zn]. The van der Waals surface area contributed by atoms with E-state index in [1.54, 1.807) is 0 Å². The van der Waals surface area contributed by atoms with E-state index in [1.165, 1.54) is 0 Å². The molecule has 0 aromatic rings. The minimum atomic E-state index is 0. The Labute approximate surface area is 66.0 Å². The quantitative estimate of drug-likeness (QED) is 0.351. The fourth-order valence-electron chi connectivity index (χ4n) is 0. The van der Waals surface area contributed by atoms with E-state index >= 15 is 0 Å². The van der Waals surface area contributed by atoms with Gasteiger partial charge in [0, 0.05) is 22.9 Å². The van der Waals surface area contributed by atoms with Crippen molar-refractivity contribution in [1.82, 2.24) is 0 Å². The first-order valence-corrected chi connectivity index (χ1v) is 2.77. The normalized spacial score (nSPS) is 10.0.